The lowest BCUT2D eigenvalue weighted by Crippen LogP contribution is -2.58. The summed E-state index contributed by atoms with van der Waals surface area (Å²) in [4.78, 5) is 26.9. The van der Waals surface area contributed by atoms with Gasteiger partial charge in [0.05, 0.1) is 17.7 Å². The van der Waals surface area contributed by atoms with Gasteiger partial charge in [-0.3, -0.25) is 9.59 Å². The van der Waals surface area contributed by atoms with Crippen molar-refractivity contribution >= 4 is 24.8 Å². The summed E-state index contributed by atoms with van der Waals surface area (Å²) in [5.74, 6) is -1.45. The van der Waals surface area contributed by atoms with Crippen LogP contribution in [0.2, 0.25) is 0 Å². The Balaban J connectivity index is 2.04. The van der Waals surface area contributed by atoms with Crippen LogP contribution < -0.4 is 5.46 Å². The molecule has 0 spiro atoms. The van der Waals surface area contributed by atoms with Gasteiger partial charge < -0.3 is 4.65 Å². The van der Waals surface area contributed by atoms with Gasteiger partial charge in [0, 0.05) is 12.1 Å². The van der Waals surface area contributed by atoms with Gasteiger partial charge in [-0.25, -0.2) is 14.4 Å². The SMILES string of the molecule is CCCCN(C(=O)c1ccc2c(c1F)[B]OC2)N(C(=O)c1ccccc1)C(C)(C)C. The van der Waals surface area contributed by atoms with Crippen LogP contribution in [-0.2, 0) is 11.3 Å². The van der Waals surface area contributed by atoms with E-state index in [1.807, 2.05) is 33.8 Å². The molecule has 3 rings (SSSR count). The maximum absolute atomic E-state index is 15.1. The van der Waals surface area contributed by atoms with Crippen molar-refractivity contribution in [2.45, 2.75) is 52.7 Å². The van der Waals surface area contributed by atoms with Crippen molar-refractivity contribution in [3.05, 3.63) is 65.0 Å². The van der Waals surface area contributed by atoms with E-state index in [-0.39, 0.29) is 11.5 Å². The summed E-state index contributed by atoms with van der Waals surface area (Å²) in [5, 5.41) is 2.84. The number of halogens is 1. The van der Waals surface area contributed by atoms with Gasteiger partial charge in [-0.2, -0.15) is 0 Å². The summed E-state index contributed by atoms with van der Waals surface area (Å²) in [6.07, 6.45) is 1.51. The summed E-state index contributed by atoms with van der Waals surface area (Å²) >= 11 is 0. The van der Waals surface area contributed by atoms with Crippen molar-refractivity contribution in [2.75, 3.05) is 6.54 Å². The Labute approximate surface area is 178 Å². The fourth-order valence-electron chi connectivity index (χ4n) is 3.48. The average Bonchev–Trinajstić information content (AvgIpc) is 3.20. The molecule has 0 aromatic heterocycles. The molecular weight excluding hydrogens is 382 g/mol. The molecule has 0 N–H and O–H groups in total. The largest absolute Gasteiger partial charge is 0.430 e. The standard InChI is InChI=1S/C23H27BFN2O3/c1-5-6-14-26(22(29)18-13-12-17-15-30-24-19(17)20(18)25)27(23(2,3)4)21(28)16-10-8-7-9-11-16/h7-13H,5-6,14-15H2,1-4H3. The number of benzene rings is 2. The summed E-state index contributed by atoms with van der Waals surface area (Å²) in [6.45, 7) is 8.19. The zero-order valence-electron chi connectivity index (χ0n) is 17.9. The summed E-state index contributed by atoms with van der Waals surface area (Å²) in [5.41, 5.74) is 0.712. The Morgan fingerprint density at radius 3 is 2.43 bits per heavy atom. The first-order valence-corrected chi connectivity index (χ1v) is 10.2. The van der Waals surface area contributed by atoms with Gasteiger partial charge in [0.15, 0.2) is 0 Å². The maximum atomic E-state index is 15.1. The van der Waals surface area contributed by atoms with Crippen LogP contribution in [0.4, 0.5) is 4.39 Å². The van der Waals surface area contributed by atoms with Crippen LogP contribution in [0.15, 0.2) is 42.5 Å². The molecule has 0 saturated carbocycles. The number of unbranched alkanes of at least 4 members (excludes halogenated alkanes) is 1. The van der Waals surface area contributed by atoms with E-state index in [2.05, 4.69) is 0 Å². The quantitative estimate of drug-likeness (QED) is 0.559. The number of fused-ring (bicyclic) bond motifs is 1. The Kier molecular flexibility index (Phi) is 6.61. The minimum Gasteiger partial charge on any atom is -0.430 e. The lowest BCUT2D eigenvalue weighted by atomic mass is 9.85. The number of hydrogen-bond acceptors (Lipinski definition) is 3. The maximum Gasteiger partial charge on any atom is 0.333 e. The van der Waals surface area contributed by atoms with Crippen LogP contribution in [0.3, 0.4) is 0 Å². The summed E-state index contributed by atoms with van der Waals surface area (Å²) in [6, 6.07) is 12.0. The second-order valence-electron chi connectivity index (χ2n) is 8.36. The number of carbonyl (C=O) groups is 2. The first-order valence-electron chi connectivity index (χ1n) is 10.2. The zero-order valence-corrected chi connectivity index (χ0v) is 17.9. The number of hydrazine groups is 1. The molecule has 0 aliphatic carbocycles. The molecule has 2 amide bonds. The molecule has 1 aliphatic heterocycles. The minimum atomic E-state index is -0.696. The lowest BCUT2D eigenvalue weighted by molar-refractivity contribution is -0.0441. The second kappa shape index (κ2) is 9.00. The highest BCUT2D eigenvalue weighted by Gasteiger charge is 2.37. The molecule has 2 aromatic rings. The van der Waals surface area contributed by atoms with Crippen molar-refractivity contribution in [1.29, 1.82) is 0 Å². The van der Waals surface area contributed by atoms with Gasteiger partial charge in [-0.1, -0.05) is 37.6 Å². The third kappa shape index (κ3) is 4.41. The Morgan fingerprint density at radius 1 is 1.10 bits per heavy atom. The fraction of sp³-hybridized carbons (Fsp3) is 0.391. The van der Waals surface area contributed by atoms with Crippen LogP contribution in [0.1, 0.15) is 66.8 Å². The molecule has 0 saturated heterocycles. The van der Waals surface area contributed by atoms with E-state index in [0.29, 0.717) is 36.2 Å². The highest BCUT2D eigenvalue weighted by atomic mass is 19.1. The van der Waals surface area contributed by atoms with Gasteiger partial charge >= 0.3 is 7.48 Å². The first kappa shape index (κ1) is 22.0. The van der Waals surface area contributed by atoms with Gasteiger partial charge in [-0.05, 0) is 56.4 Å². The smallest absolute Gasteiger partial charge is 0.333 e. The average molecular weight is 409 g/mol. The Hall–Kier alpha value is -2.67. The normalized spacial score (nSPS) is 12.8. The topological polar surface area (TPSA) is 49.9 Å². The molecule has 2 aromatic carbocycles. The minimum absolute atomic E-state index is 0.0679. The third-order valence-corrected chi connectivity index (χ3v) is 4.99. The molecule has 5 nitrogen and oxygen atoms in total. The van der Waals surface area contributed by atoms with Gasteiger partial charge in [0.2, 0.25) is 0 Å². The van der Waals surface area contributed by atoms with Gasteiger partial charge in [0.1, 0.15) is 5.82 Å². The molecule has 30 heavy (non-hydrogen) atoms. The van der Waals surface area contributed by atoms with E-state index >= 15 is 4.39 Å². The van der Waals surface area contributed by atoms with E-state index in [1.165, 1.54) is 23.6 Å². The van der Waals surface area contributed by atoms with Crippen LogP contribution in [0, 0.1) is 5.82 Å². The molecule has 7 heteroatoms. The number of hydrogen-bond donors (Lipinski definition) is 0. The predicted octanol–water partition coefficient (Wildman–Crippen LogP) is 3.70. The molecule has 1 radical (unpaired) electrons. The van der Waals surface area contributed by atoms with Crippen LogP contribution in [-0.4, -0.2) is 41.4 Å². The van der Waals surface area contributed by atoms with Crippen LogP contribution in [0.5, 0.6) is 0 Å². The van der Waals surface area contributed by atoms with E-state index in [9.17, 15) is 9.59 Å². The summed E-state index contributed by atoms with van der Waals surface area (Å²) in [7, 11) is 1.34. The van der Waals surface area contributed by atoms with E-state index in [1.54, 1.807) is 30.3 Å². The van der Waals surface area contributed by atoms with Crippen molar-refractivity contribution in [3.63, 3.8) is 0 Å². The monoisotopic (exact) mass is 409 g/mol. The van der Waals surface area contributed by atoms with Crippen LogP contribution in [0.25, 0.3) is 0 Å². The van der Waals surface area contributed by atoms with E-state index < -0.39 is 17.3 Å². The van der Waals surface area contributed by atoms with Gasteiger partial charge in [-0.15, -0.1) is 0 Å². The molecule has 0 unspecified atom stereocenters. The predicted molar refractivity (Wildman–Crippen MR) is 115 cm³/mol. The third-order valence-electron chi connectivity index (χ3n) is 4.99. The first-order chi connectivity index (χ1) is 14.3. The molecule has 157 valence electrons. The lowest BCUT2D eigenvalue weighted by Gasteiger charge is -2.43. The molecular formula is C23H27BFN2O3. The van der Waals surface area contributed by atoms with Crippen molar-refractivity contribution in [3.8, 4) is 0 Å². The summed E-state index contributed by atoms with van der Waals surface area (Å²) < 4.78 is 20.3. The van der Waals surface area contributed by atoms with Crippen molar-refractivity contribution in [2.24, 2.45) is 0 Å². The molecule has 1 heterocycles. The molecule has 1 aliphatic rings. The second-order valence-corrected chi connectivity index (χ2v) is 8.36. The van der Waals surface area contributed by atoms with Crippen molar-refractivity contribution in [1.82, 2.24) is 10.0 Å². The number of amides is 2. The van der Waals surface area contributed by atoms with E-state index in [4.69, 9.17) is 4.65 Å². The molecule has 0 atom stereocenters. The zero-order chi connectivity index (χ0) is 21.9. The Bertz CT molecular complexity index is 928. The van der Waals surface area contributed by atoms with Gasteiger partial charge in [0.25, 0.3) is 11.8 Å². The number of carbonyl (C=O) groups excluding carboxylic acids is 2. The Morgan fingerprint density at radius 2 is 1.80 bits per heavy atom. The van der Waals surface area contributed by atoms with Crippen LogP contribution >= 0.6 is 0 Å². The number of rotatable bonds is 5. The number of nitrogens with zero attached hydrogens (tertiary/aromatic N) is 2. The highest BCUT2D eigenvalue weighted by Crippen LogP contribution is 2.24. The molecule has 0 bridgehead atoms. The van der Waals surface area contributed by atoms with Crippen molar-refractivity contribution < 1.29 is 18.6 Å². The fourth-order valence-corrected chi connectivity index (χ4v) is 3.48. The van der Waals surface area contributed by atoms with E-state index in [0.717, 1.165) is 6.42 Å². The highest BCUT2D eigenvalue weighted by molar-refractivity contribution is 6.49. The molecule has 0 fully saturated rings.